The zero-order chi connectivity index (χ0) is 21.5. The van der Waals surface area contributed by atoms with Crippen LogP contribution in [0.25, 0.3) is 0 Å². The van der Waals surface area contributed by atoms with Crippen LogP contribution in [0.4, 0.5) is 0 Å². The Kier molecular flexibility index (Phi) is 7.33. The monoisotopic (exact) mass is 420 g/mol. The van der Waals surface area contributed by atoms with Crippen molar-refractivity contribution in [2.75, 3.05) is 32.7 Å². The summed E-state index contributed by atoms with van der Waals surface area (Å²) in [6.45, 7) is 3.25. The van der Waals surface area contributed by atoms with E-state index in [9.17, 15) is 9.59 Å². The Bertz CT molecular complexity index is 805. The molecule has 31 heavy (non-hydrogen) atoms. The van der Waals surface area contributed by atoms with Gasteiger partial charge in [-0.2, -0.15) is 0 Å². The van der Waals surface area contributed by atoms with Crippen molar-refractivity contribution in [1.29, 1.82) is 0 Å². The smallest absolute Gasteiger partial charge is 0.253 e. The van der Waals surface area contributed by atoms with E-state index in [2.05, 4.69) is 64.2 Å². The van der Waals surface area contributed by atoms with Gasteiger partial charge >= 0.3 is 0 Å². The van der Waals surface area contributed by atoms with E-state index < -0.39 is 0 Å². The molecule has 1 aliphatic carbocycles. The first-order valence-electron chi connectivity index (χ1n) is 11.4. The molecule has 0 atom stereocenters. The van der Waals surface area contributed by atoms with E-state index in [0.29, 0.717) is 0 Å². The molecule has 2 fully saturated rings. The number of piperazine rings is 1. The van der Waals surface area contributed by atoms with Gasteiger partial charge in [-0.15, -0.1) is 0 Å². The molecule has 2 aromatic rings. The molecule has 2 N–H and O–H groups in total. The maximum Gasteiger partial charge on any atom is 0.253 e. The zero-order valence-corrected chi connectivity index (χ0v) is 18.0. The zero-order valence-electron chi connectivity index (χ0n) is 18.0. The number of nitrogens with one attached hydrogen (secondary N) is 2. The third-order valence-corrected chi connectivity index (χ3v) is 6.34. The van der Waals surface area contributed by atoms with E-state index >= 15 is 0 Å². The predicted octanol–water partition coefficient (Wildman–Crippen LogP) is 2.73. The minimum atomic E-state index is -0.150. The van der Waals surface area contributed by atoms with Gasteiger partial charge in [0.1, 0.15) is 0 Å². The predicted molar refractivity (Wildman–Crippen MR) is 121 cm³/mol. The summed E-state index contributed by atoms with van der Waals surface area (Å²) in [6.07, 6.45) is 4.11. The van der Waals surface area contributed by atoms with Gasteiger partial charge in [0.25, 0.3) is 5.91 Å². The van der Waals surface area contributed by atoms with Crippen molar-refractivity contribution in [1.82, 2.24) is 20.7 Å². The Balaban J connectivity index is 1.29. The normalized spacial score (nSPS) is 18.2. The van der Waals surface area contributed by atoms with Gasteiger partial charge in [-0.25, -0.2) is 5.01 Å². The Morgan fingerprint density at radius 2 is 1.39 bits per heavy atom. The van der Waals surface area contributed by atoms with Gasteiger partial charge in [-0.1, -0.05) is 73.5 Å². The number of rotatable bonds is 7. The largest absolute Gasteiger partial charge is 0.347 e. The first-order chi connectivity index (χ1) is 15.2. The van der Waals surface area contributed by atoms with Gasteiger partial charge in [0.05, 0.1) is 12.6 Å². The fraction of sp³-hybridized carbons (Fsp3) is 0.440. The van der Waals surface area contributed by atoms with Gasteiger partial charge < -0.3 is 5.32 Å². The first-order valence-corrected chi connectivity index (χ1v) is 11.4. The number of carbonyl (C=O) groups is 2. The Labute approximate surface area is 184 Å². The highest BCUT2D eigenvalue weighted by molar-refractivity contribution is 5.85. The fourth-order valence-corrected chi connectivity index (χ4v) is 4.69. The number of nitrogens with zero attached hydrogens (tertiary/aromatic N) is 2. The molecule has 164 valence electrons. The van der Waals surface area contributed by atoms with E-state index in [4.69, 9.17) is 0 Å². The van der Waals surface area contributed by atoms with Crippen molar-refractivity contribution in [2.45, 2.75) is 31.7 Å². The summed E-state index contributed by atoms with van der Waals surface area (Å²) in [6, 6.07) is 21.3. The summed E-state index contributed by atoms with van der Waals surface area (Å²) in [4.78, 5) is 26.9. The van der Waals surface area contributed by atoms with E-state index in [1.807, 2.05) is 17.1 Å². The first kappa shape index (κ1) is 21.5. The lowest BCUT2D eigenvalue weighted by Crippen LogP contribution is -2.55. The van der Waals surface area contributed by atoms with E-state index in [1.54, 1.807) is 0 Å². The molecule has 0 radical (unpaired) electrons. The van der Waals surface area contributed by atoms with Crippen LogP contribution in [0.1, 0.15) is 42.9 Å². The quantitative estimate of drug-likeness (QED) is 0.723. The van der Waals surface area contributed by atoms with Crippen molar-refractivity contribution in [3.8, 4) is 0 Å². The van der Waals surface area contributed by atoms with Crippen molar-refractivity contribution >= 4 is 11.8 Å². The van der Waals surface area contributed by atoms with Crippen molar-refractivity contribution in [3.63, 3.8) is 0 Å². The number of hydrogen-bond donors (Lipinski definition) is 2. The average molecular weight is 421 g/mol. The summed E-state index contributed by atoms with van der Waals surface area (Å²) < 4.78 is 0. The van der Waals surface area contributed by atoms with E-state index in [1.165, 1.54) is 11.1 Å². The number of amides is 2. The molecule has 6 heteroatoms. The number of hydrazine groups is 1. The summed E-state index contributed by atoms with van der Waals surface area (Å²) in [5, 5.41) is 4.76. The molecule has 0 bridgehead atoms. The van der Waals surface area contributed by atoms with Crippen LogP contribution in [0.3, 0.4) is 0 Å². The summed E-state index contributed by atoms with van der Waals surface area (Å²) in [5.74, 6) is -0.0437. The van der Waals surface area contributed by atoms with Crippen molar-refractivity contribution < 1.29 is 9.59 Å². The number of hydrogen-bond acceptors (Lipinski definition) is 4. The topological polar surface area (TPSA) is 64.7 Å². The Hall–Kier alpha value is -2.70. The summed E-state index contributed by atoms with van der Waals surface area (Å²) >= 11 is 0. The van der Waals surface area contributed by atoms with Crippen LogP contribution in [0, 0.1) is 5.92 Å². The summed E-state index contributed by atoms with van der Waals surface area (Å²) in [5.41, 5.74) is 5.51. The molecule has 2 aromatic carbocycles. The maximum absolute atomic E-state index is 12.3. The number of carbonyl (C=O) groups excluding carboxylic acids is 2. The van der Waals surface area contributed by atoms with Crippen LogP contribution in [0.2, 0.25) is 0 Å². The van der Waals surface area contributed by atoms with Gasteiger partial charge in [0.2, 0.25) is 5.91 Å². The van der Waals surface area contributed by atoms with Crippen LogP contribution in [-0.4, -0.2) is 54.4 Å². The molecule has 2 aliphatic rings. The van der Waals surface area contributed by atoms with Gasteiger partial charge in [-0.3, -0.25) is 19.9 Å². The molecule has 1 heterocycles. The van der Waals surface area contributed by atoms with Crippen molar-refractivity contribution in [3.05, 3.63) is 71.8 Å². The van der Waals surface area contributed by atoms with Crippen LogP contribution in [0.15, 0.2) is 60.7 Å². The molecule has 4 rings (SSSR count). The second-order valence-corrected chi connectivity index (χ2v) is 8.48. The highest BCUT2D eigenvalue weighted by Gasteiger charge is 2.27. The maximum atomic E-state index is 12.3. The average Bonchev–Trinajstić information content (AvgIpc) is 3.36. The Morgan fingerprint density at radius 3 is 1.94 bits per heavy atom. The third-order valence-electron chi connectivity index (χ3n) is 6.34. The van der Waals surface area contributed by atoms with Crippen LogP contribution in [-0.2, 0) is 9.59 Å². The lowest BCUT2D eigenvalue weighted by molar-refractivity contribution is -0.131. The second kappa shape index (κ2) is 10.6. The molecule has 1 saturated heterocycles. The molecule has 1 aliphatic heterocycles. The Morgan fingerprint density at radius 1 is 0.839 bits per heavy atom. The number of benzene rings is 2. The molecular formula is C25H32N4O2. The lowest BCUT2D eigenvalue weighted by Gasteiger charge is -2.39. The highest BCUT2D eigenvalue weighted by Crippen LogP contribution is 2.29. The lowest BCUT2D eigenvalue weighted by atomic mass is 9.96. The van der Waals surface area contributed by atoms with Crippen molar-refractivity contribution in [2.24, 2.45) is 5.92 Å². The fourth-order valence-electron chi connectivity index (χ4n) is 4.69. The van der Waals surface area contributed by atoms with E-state index in [-0.39, 0.29) is 30.3 Å². The minimum absolute atomic E-state index is 0.0195. The molecule has 6 nitrogen and oxygen atoms in total. The van der Waals surface area contributed by atoms with E-state index in [0.717, 1.165) is 51.9 Å². The van der Waals surface area contributed by atoms with Gasteiger partial charge in [-0.05, 0) is 24.0 Å². The molecule has 1 saturated carbocycles. The molecule has 0 unspecified atom stereocenters. The molecule has 2 amide bonds. The highest BCUT2D eigenvalue weighted by atomic mass is 16.2. The molecular weight excluding hydrogens is 388 g/mol. The minimum Gasteiger partial charge on any atom is -0.347 e. The van der Waals surface area contributed by atoms with Gasteiger partial charge in [0, 0.05) is 32.1 Å². The SMILES string of the molecule is O=C(CNC(=O)C1CCCC1)NN1CCN(C(c2ccccc2)c2ccccc2)CC1. The van der Waals surface area contributed by atoms with Gasteiger partial charge in [0.15, 0.2) is 0 Å². The van der Waals surface area contributed by atoms with Crippen LogP contribution < -0.4 is 10.7 Å². The second-order valence-electron chi connectivity index (χ2n) is 8.48. The molecule has 0 spiro atoms. The summed E-state index contributed by atoms with van der Waals surface area (Å²) in [7, 11) is 0. The van der Waals surface area contributed by atoms with Crippen LogP contribution >= 0.6 is 0 Å². The molecule has 0 aromatic heterocycles. The van der Waals surface area contributed by atoms with Crippen LogP contribution in [0.5, 0.6) is 0 Å². The third kappa shape index (κ3) is 5.71. The standard InChI is InChI=1S/C25H32N4O2/c30-23(19-26-25(31)22-13-7-8-14-22)27-29-17-15-28(16-18-29)24(20-9-3-1-4-10-20)21-11-5-2-6-12-21/h1-6,9-12,22,24H,7-8,13-19H2,(H,26,31)(H,27,30).